The van der Waals surface area contributed by atoms with E-state index in [4.69, 9.17) is 10.5 Å². The van der Waals surface area contributed by atoms with Gasteiger partial charge in [-0.2, -0.15) is 0 Å². The van der Waals surface area contributed by atoms with Gasteiger partial charge < -0.3 is 10.5 Å². The van der Waals surface area contributed by atoms with Crippen molar-refractivity contribution in [1.82, 2.24) is 0 Å². The quantitative estimate of drug-likeness (QED) is 0.666. The highest BCUT2D eigenvalue weighted by molar-refractivity contribution is 4.89. The van der Waals surface area contributed by atoms with Gasteiger partial charge in [0.15, 0.2) is 0 Å². The van der Waals surface area contributed by atoms with E-state index in [1.807, 2.05) is 0 Å². The zero-order chi connectivity index (χ0) is 7.68. The molecule has 0 amide bonds. The average molecular weight is 155 g/mol. The van der Waals surface area contributed by atoms with Crippen LogP contribution in [-0.2, 0) is 4.74 Å². The summed E-state index contributed by atoms with van der Waals surface area (Å²) in [5.74, 6) is 0.845. The molecule has 2 nitrogen and oxygen atoms in total. The van der Waals surface area contributed by atoms with Gasteiger partial charge in [0.1, 0.15) is 0 Å². The molecule has 0 saturated carbocycles. The van der Waals surface area contributed by atoms with E-state index >= 15 is 0 Å². The summed E-state index contributed by atoms with van der Waals surface area (Å²) < 4.78 is 5.74. The number of fused-ring (bicyclic) bond motifs is 2. The molecule has 2 N–H and O–H groups in total. The Balaban J connectivity index is 1.78. The number of rotatable bonds is 3. The molecule has 11 heavy (non-hydrogen) atoms. The third kappa shape index (κ3) is 1.42. The Hall–Kier alpha value is -0.0800. The van der Waals surface area contributed by atoms with Gasteiger partial charge in [0.25, 0.3) is 0 Å². The van der Waals surface area contributed by atoms with Crippen LogP contribution in [0.1, 0.15) is 32.1 Å². The maximum atomic E-state index is 5.74. The summed E-state index contributed by atoms with van der Waals surface area (Å²) in [4.78, 5) is 0. The van der Waals surface area contributed by atoms with Crippen LogP contribution in [0.2, 0.25) is 0 Å². The van der Waals surface area contributed by atoms with Crippen LogP contribution in [-0.4, -0.2) is 18.8 Å². The van der Waals surface area contributed by atoms with Crippen molar-refractivity contribution in [2.75, 3.05) is 6.54 Å². The second-order valence-electron chi connectivity index (χ2n) is 3.80. The van der Waals surface area contributed by atoms with Crippen molar-refractivity contribution in [1.29, 1.82) is 0 Å². The van der Waals surface area contributed by atoms with Gasteiger partial charge >= 0.3 is 0 Å². The van der Waals surface area contributed by atoms with Crippen LogP contribution < -0.4 is 5.73 Å². The molecule has 0 aromatic carbocycles. The van der Waals surface area contributed by atoms with Crippen LogP contribution in [0, 0.1) is 5.92 Å². The van der Waals surface area contributed by atoms with Crippen LogP contribution in [0.3, 0.4) is 0 Å². The zero-order valence-corrected chi connectivity index (χ0v) is 6.96. The van der Waals surface area contributed by atoms with Gasteiger partial charge in [0, 0.05) is 0 Å². The summed E-state index contributed by atoms with van der Waals surface area (Å²) in [5.41, 5.74) is 5.46. The van der Waals surface area contributed by atoms with E-state index in [1.54, 1.807) is 0 Å². The predicted octanol–water partition coefficient (Wildman–Crippen LogP) is 1.29. The molecule has 3 atom stereocenters. The lowest BCUT2D eigenvalue weighted by Gasteiger charge is -2.17. The van der Waals surface area contributed by atoms with Gasteiger partial charge in [0.2, 0.25) is 0 Å². The zero-order valence-electron chi connectivity index (χ0n) is 6.96. The Kier molecular flexibility index (Phi) is 2.14. The second-order valence-corrected chi connectivity index (χ2v) is 3.80. The highest BCUT2D eigenvalue weighted by Crippen LogP contribution is 2.40. The van der Waals surface area contributed by atoms with Crippen LogP contribution in [0.4, 0.5) is 0 Å². The number of nitrogens with two attached hydrogens (primary N) is 1. The van der Waals surface area contributed by atoms with Gasteiger partial charge in [-0.3, -0.25) is 0 Å². The van der Waals surface area contributed by atoms with E-state index in [0.29, 0.717) is 12.2 Å². The summed E-state index contributed by atoms with van der Waals surface area (Å²) in [7, 11) is 0. The highest BCUT2D eigenvalue weighted by Gasteiger charge is 2.39. The molecule has 2 aliphatic rings. The fourth-order valence-electron chi connectivity index (χ4n) is 2.43. The van der Waals surface area contributed by atoms with Crippen LogP contribution >= 0.6 is 0 Å². The van der Waals surface area contributed by atoms with Crippen molar-refractivity contribution in [3.8, 4) is 0 Å². The Morgan fingerprint density at radius 2 is 2.27 bits per heavy atom. The third-order valence-corrected chi connectivity index (χ3v) is 3.01. The van der Waals surface area contributed by atoms with Gasteiger partial charge in [-0.25, -0.2) is 0 Å². The lowest BCUT2D eigenvalue weighted by atomic mass is 9.86. The van der Waals surface area contributed by atoms with Crippen molar-refractivity contribution in [3.63, 3.8) is 0 Å². The molecule has 2 rings (SSSR count). The monoisotopic (exact) mass is 155 g/mol. The molecule has 2 bridgehead atoms. The van der Waals surface area contributed by atoms with E-state index in [9.17, 15) is 0 Å². The SMILES string of the molecule is NCCCC1CC2CCC1O2. The van der Waals surface area contributed by atoms with E-state index in [2.05, 4.69) is 0 Å². The first-order chi connectivity index (χ1) is 5.40. The lowest BCUT2D eigenvalue weighted by molar-refractivity contribution is 0.0911. The van der Waals surface area contributed by atoms with Gasteiger partial charge in [0.05, 0.1) is 12.2 Å². The topological polar surface area (TPSA) is 35.2 Å². The normalized spacial score (nSPS) is 41.7. The van der Waals surface area contributed by atoms with E-state index in [-0.39, 0.29) is 0 Å². The minimum Gasteiger partial charge on any atom is -0.375 e. The molecule has 3 unspecified atom stereocenters. The summed E-state index contributed by atoms with van der Waals surface area (Å²) in [6.07, 6.45) is 7.61. The Morgan fingerprint density at radius 3 is 2.82 bits per heavy atom. The summed E-state index contributed by atoms with van der Waals surface area (Å²) in [6, 6.07) is 0. The van der Waals surface area contributed by atoms with E-state index in [0.717, 1.165) is 12.5 Å². The fourth-order valence-corrected chi connectivity index (χ4v) is 2.43. The predicted molar refractivity (Wildman–Crippen MR) is 44.3 cm³/mol. The summed E-state index contributed by atoms with van der Waals surface area (Å²) in [6.45, 7) is 0.841. The standard InChI is InChI=1S/C9H17NO/c10-5-1-2-7-6-8-3-4-9(7)11-8/h7-9H,1-6,10H2. The van der Waals surface area contributed by atoms with Gasteiger partial charge in [-0.15, -0.1) is 0 Å². The van der Waals surface area contributed by atoms with Gasteiger partial charge in [-0.05, 0) is 44.6 Å². The second kappa shape index (κ2) is 3.11. The number of hydrogen-bond donors (Lipinski definition) is 1. The summed E-state index contributed by atoms with van der Waals surface area (Å²) >= 11 is 0. The number of ether oxygens (including phenoxy) is 1. The van der Waals surface area contributed by atoms with Crippen LogP contribution in [0.25, 0.3) is 0 Å². The fraction of sp³-hybridized carbons (Fsp3) is 1.00. The third-order valence-electron chi connectivity index (χ3n) is 3.01. The van der Waals surface area contributed by atoms with E-state index in [1.165, 1.54) is 32.1 Å². The largest absolute Gasteiger partial charge is 0.375 e. The maximum Gasteiger partial charge on any atom is 0.0609 e. The Bertz CT molecular complexity index is 138. The minimum absolute atomic E-state index is 0.603. The molecule has 0 spiro atoms. The molecular weight excluding hydrogens is 138 g/mol. The highest BCUT2D eigenvalue weighted by atomic mass is 16.5. The van der Waals surface area contributed by atoms with Gasteiger partial charge in [-0.1, -0.05) is 0 Å². The minimum atomic E-state index is 0.603. The van der Waals surface area contributed by atoms with Crippen molar-refractivity contribution in [2.45, 2.75) is 44.3 Å². The smallest absolute Gasteiger partial charge is 0.0609 e. The maximum absolute atomic E-state index is 5.74. The van der Waals surface area contributed by atoms with E-state index < -0.39 is 0 Å². The molecule has 2 fully saturated rings. The molecular formula is C9H17NO. The first-order valence-electron chi connectivity index (χ1n) is 4.75. The molecule has 0 aromatic heterocycles. The molecule has 2 saturated heterocycles. The molecule has 2 aliphatic heterocycles. The molecule has 2 heteroatoms. The molecule has 64 valence electrons. The van der Waals surface area contributed by atoms with Crippen molar-refractivity contribution >= 4 is 0 Å². The molecule has 0 aliphatic carbocycles. The Labute approximate surface area is 68.1 Å². The Morgan fingerprint density at radius 1 is 1.36 bits per heavy atom. The van der Waals surface area contributed by atoms with Crippen LogP contribution in [0.5, 0.6) is 0 Å². The molecule has 2 heterocycles. The van der Waals surface area contributed by atoms with Crippen molar-refractivity contribution in [2.24, 2.45) is 11.7 Å². The lowest BCUT2D eigenvalue weighted by Crippen LogP contribution is -2.17. The first kappa shape index (κ1) is 7.56. The van der Waals surface area contributed by atoms with Crippen LogP contribution in [0.15, 0.2) is 0 Å². The van der Waals surface area contributed by atoms with Crippen molar-refractivity contribution in [3.05, 3.63) is 0 Å². The first-order valence-corrected chi connectivity index (χ1v) is 4.75. The number of hydrogen-bond acceptors (Lipinski definition) is 2. The van der Waals surface area contributed by atoms with Crippen molar-refractivity contribution < 1.29 is 4.74 Å². The summed E-state index contributed by atoms with van der Waals surface area (Å²) in [5, 5.41) is 0. The average Bonchev–Trinajstić information content (AvgIpc) is 2.60. The molecule has 0 radical (unpaired) electrons. The molecule has 0 aromatic rings.